The van der Waals surface area contributed by atoms with Crippen LogP contribution in [-0.2, 0) is 16.8 Å². The average Bonchev–Trinajstić information content (AvgIpc) is 3.48. The molecule has 2 aromatic carbocycles. The van der Waals surface area contributed by atoms with Crippen LogP contribution in [0, 0.1) is 11.3 Å². The van der Waals surface area contributed by atoms with Gasteiger partial charge in [0.1, 0.15) is 30.5 Å². The van der Waals surface area contributed by atoms with Crippen LogP contribution in [0.4, 0.5) is 16.3 Å². The highest BCUT2D eigenvalue weighted by atomic mass is 16.6. The van der Waals surface area contributed by atoms with Crippen LogP contribution in [0.1, 0.15) is 29.5 Å². The van der Waals surface area contributed by atoms with Gasteiger partial charge >= 0.3 is 6.09 Å². The van der Waals surface area contributed by atoms with E-state index in [9.17, 15) is 10.1 Å². The van der Waals surface area contributed by atoms with E-state index in [1.165, 1.54) is 11.9 Å². The molecule has 6 rings (SSSR count). The van der Waals surface area contributed by atoms with Gasteiger partial charge in [0.25, 0.3) is 0 Å². The Balaban J connectivity index is 1.24. The highest BCUT2D eigenvalue weighted by molar-refractivity contribution is 5.95. The number of piperidine rings is 1. The molecule has 0 saturated carbocycles. The minimum atomic E-state index is -0.268. The summed E-state index contributed by atoms with van der Waals surface area (Å²) < 4.78 is 5.57. The molecule has 174 valence electrons. The van der Waals surface area contributed by atoms with Crippen LogP contribution in [0.3, 0.4) is 0 Å². The summed E-state index contributed by atoms with van der Waals surface area (Å²) in [6.45, 7) is 2.27. The second-order valence-corrected chi connectivity index (χ2v) is 9.15. The highest BCUT2D eigenvalue weighted by Gasteiger charge is 2.46. The fourth-order valence-corrected chi connectivity index (χ4v) is 5.41. The summed E-state index contributed by atoms with van der Waals surface area (Å²) >= 11 is 0. The van der Waals surface area contributed by atoms with Gasteiger partial charge in [-0.05, 0) is 30.0 Å². The van der Waals surface area contributed by atoms with E-state index in [2.05, 4.69) is 44.1 Å². The highest BCUT2D eigenvalue weighted by Crippen LogP contribution is 2.50. The lowest BCUT2D eigenvalue weighted by Crippen LogP contribution is -2.47. The predicted molar refractivity (Wildman–Crippen MR) is 131 cm³/mol. The summed E-state index contributed by atoms with van der Waals surface area (Å²) in [7, 11) is 0. The number of aromatic amines is 1. The van der Waals surface area contributed by atoms with Crippen LogP contribution in [0.25, 0.3) is 11.0 Å². The standard InChI is InChI=1S/C27H24N6O2/c28-14-20-15-29-24-23(20)25(31-18-30-24)33-17-27(21-8-4-5-9-22(21)33)10-12-32(13-11-27)26(34)35-16-19-6-2-1-3-7-19/h1-9,15,18H,10-13,16-17H2,(H,29,30,31). The maximum atomic E-state index is 12.7. The number of rotatable bonds is 3. The Kier molecular flexibility index (Phi) is 5.10. The molecule has 0 aliphatic carbocycles. The zero-order chi connectivity index (χ0) is 23.8. The van der Waals surface area contributed by atoms with Crippen molar-refractivity contribution < 1.29 is 9.53 Å². The molecule has 0 bridgehead atoms. The molecule has 35 heavy (non-hydrogen) atoms. The van der Waals surface area contributed by atoms with Crippen molar-refractivity contribution in [2.45, 2.75) is 24.9 Å². The van der Waals surface area contributed by atoms with Crippen LogP contribution >= 0.6 is 0 Å². The number of carbonyl (C=O) groups excluding carboxylic acids is 1. The number of likely N-dealkylation sites (tertiary alicyclic amines) is 1. The molecule has 8 heteroatoms. The number of hydrogen-bond donors (Lipinski definition) is 1. The molecule has 0 radical (unpaired) electrons. The third-order valence-electron chi connectivity index (χ3n) is 7.24. The van der Waals surface area contributed by atoms with Crippen molar-refractivity contribution >= 4 is 28.6 Å². The minimum Gasteiger partial charge on any atom is -0.445 e. The molecule has 1 spiro atoms. The van der Waals surface area contributed by atoms with Gasteiger partial charge in [-0.1, -0.05) is 48.5 Å². The molecule has 0 atom stereocenters. The first kappa shape index (κ1) is 21.2. The molecular weight excluding hydrogens is 440 g/mol. The van der Waals surface area contributed by atoms with Crippen LogP contribution < -0.4 is 4.90 Å². The lowest BCUT2D eigenvalue weighted by molar-refractivity contribution is 0.0791. The monoisotopic (exact) mass is 464 g/mol. The van der Waals surface area contributed by atoms with Crippen molar-refractivity contribution in [3.8, 4) is 6.07 Å². The molecule has 1 fully saturated rings. The first-order valence-electron chi connectivity index (χ1n) is 11.7. The number of anilines is 2. The molecule has 4 heterocycles. The van der Waals surface area contributed by atoms with Crippen molar-refractivity contribution in [1.29, 1.82) is 5.26 Å². The summed E-state index contributed by atoms with van der Waals surface area (Å²) in [5.41, 5.74) is 4.42. The third kappa shape index (κ3) is 3.56. The molecule has 1 amide bonds. The lowest BCUT2D eigenvalue weighted by atomic mass is 9.74. The van der Waals surface area contributed by atoms with E-state index in [-0.39, 0.29) is 18.1 Å². The number of hydrogen-bond acceptors (Lipinski definition) is 6. The zero-order valence-electron chi connectivity index (χ0n) is 19.1. The lowest BCUT2D eigenvalue weighted by Gasteiger charge is -2.39. The number of nitrogens with one attached hydrogen (secondary N) is 1. The molecule has 1 saturated heterocycles. The molecule has 8 nitrogen and oxygen atoms in total. The van der Waals surface area contributed by atoms with Crippen molar-refractivity contribution in [3.05, 3.63) is 83.8 Å². The largest absolute Gasteiger partial charge is 0.445 e. The molecule has 2 aromatic heterocycles. The molecule has 2 aliphatic heterocycles. The van der Waals surface area contributed by atoms with Gasteiger partial charge in [-0.2, -0.15) is 5.26 Å². The van der Waals surface area contributed by atoms with Gasteiger partial charge in [0.2, 0.25) is 0 Å². The first-order chi connectivity index (χ1) is 17.2. The van der Waals surface area contributed by atoms with Crippen molar-refractivity contribution in [2.75, 3.05) is 24.5 Å². The molecule has 1 N–H and O–H groups in total. The van der Waals surface area contributed by atoms with E-state index in [0.29, 0.717) is 24.3 Å². The van der Waals surface area contributed by atoms with Gasteiger partial charge in [-0.15, -0.1) is 0 Å². The fourth-order valence-electron chi connectivity index (χ4n) is 5.41. The molecule has 2 aliphatic rings. The van der Waals surface area contributed by atoms with E-state index >= 15 is 0 Å². The van der Waals surface area contributed by atoms with Crippen molar-refractivity contribution in [1.82, 2.24) is 19.9 Å². The Hall–Kier alpha value is -4.38. The Bertz CT molecular complexity index is 1430. The predicted octanol–water partition coefficient (Wildman–Crippen LogP) is 4.65. The van der Waals surface area contributed by atoms with E-state index in [4.69, 9.17) is 4.74 Å². The van der Waals surface area contributed by atoms with Crippen LogP contribution in [-0.4, -0.2) is 45.6 Å². The zero-order valence-corrected chi connectivity index (χ0v) is 19.1. The summed E-state index contributed by atoms with van der Waals surface area (Å²) in [6, 6.07) is 20.4. The third-order valence-corrected chi connectivity index (χ3v) is 7.24. The number of nitrogens with zero attached hydrogens (tertiary/aromatic N) is 5. The van der Waals surface area contributed by atoms with Crippen LogP contribution in [0.15, 0.2) is 67.1 Å². The number of ether oxygens (including phenoxy) is 1. The Labute approximate surface area is 202 Å². The summed E-state index contributed by atoms with van der Waals surface area (Å²) in [6.07, 6.45) is 4.60. The van der Waals surface area contributed by atoms with E-state index in [1.807, 2.05) is 41.3 Å². The summed E-state index contributed by atoms with van der Waals surface area (Å²) in [5, 5.41) is 10.4. The van der Waals surface area contributed by atoms with Gasteiger partial charge in [0.15, 0.2) is 0 Å². The Morgan fingerprint density at radius 3 is 2.66 bits per heavy atom. The number of para-hydroxylation sites is 1. The molecule has 0 unspecified atom stereocenters. The maximum absolute atomic E-state index is 12.7. The number of nitriles is 1. The van der Waals surface area contributed by atoms with E-state index in [1.54, 1.807) is 6.20 Å². The topological polar surface area (TPSA) is 98.1 Å². The number of fused-ring (bicyclic) bond motifs is 3. The SMILES string of the molecule is N#Cc1c[nH]c2ncnc(N3CC4(CCN(C(=O)OCc5ccccc5)CC4)c4ccccc43)c12. The number of carbonyl (C=O) groups is 1. The van der Waals surface area contributed by atoms with Crippen LogP contribution in [0.5, 0.6) is 0 Å². The summed E-state index contributed by atoms with van der Waals surface area (Å²) in [5.74, 6) is 0.738. The Morgan fingerprint density at radius 1 is 1.09 bits per heavy atom. The summed E-state index contributed by atoms with van der Waals surface area (Å²) in [4.78, 5) is 28.7. The normalized spacial score (nSPS) is 16.3. The van der Waals surface area contributed by atoms with Crippen molar-refractivity contribution in [3.63, 3.8) is 0 Å². The average molecular weight is 465 g/mol. The number of benzene rings is 2. The maximum Gasteiger partial charge on any atom is 0.410 e. The van der Waals surface area contributed by atoms with Crippen LogP contribution in [0.2, 0.25) is 0 Å². The minimum absolute atomic E-state index is 0.104. The molecular formula is C27H24N6O2. The van der Waals surface area contributed by atoms with Gasteiger partial charge in [0, 0.05) is 36.9 Å². The number of H-pyrrole nitrogens is 1. The fraction of sp³-hybridized carbons (Fsp3) is 0.259. The van der Waals surface area contributed by atoms with Crippen molar-refractivity contribution in [2.24, 2.45) is 0 Å². The molecule has 4 aromatic rings. The quantitative estimate of drug-likeness (QED) is 0.474. The number of aromatic nitrogens is 3. The second-order valence-electron chi connectivity index (χ2n) is 9.15. The van der Waals surface area contributed by atoms with Gasteiger partial charge < -0.3 is 19.5 Å². The van der Waals surface area contributed by atoms with E-state index < -0.39 is 0 Å². The number of amides is 1. The van der Waals surface area contributed by atoms with Gasteiger partial charge in [-0.3, -0.25) is 0 Å². The van der Waals surface area contributed by atoms with Gasteiger partial charge in [-0.25, -0.2) is 14.8 Å². The van der Waals surface area contributed by atoms with E-state index in [0.717, 1.165) is 41.8 Å². The van der Waals surface area contributed by atoms with Gasteiger partial charge in [0.05, 0.1) is 10.9 Å². The second kappa shape index (κ2) is 8.44. The smallest absolute Gasteiger partial charge is 0.410 e. The Morgan fingerprint density at radius 2 is 1.86 bits per heavy atom. The first-order valence-corrected chi connectivity index (χ1v) is 11.7.